The molecule has 0 radical (unpaired) electrons. The Labute approximate surface area is 113 Å². The van der Waals surface area contributed by atoms with Crippen molar-refractivity contribution in [3.8, 4) is 0 Å². The van der Waals surface area contributed by atoms with Gasteiger partial charge in [0, 0.05) is 37.6 Å². The predicted octanol–water partition coefficient (Wildman–Crippen LogP) is 0.288. The van der Waals surface area contributed by atoms with Crippen LogP contribution in [0.2, 0.25) is 0 Å². The lowest BCUT2D eigenvalue weighted by Crippen LogP contribution is -2.37. The Kier molecular flexibility index (Phi) is 3.99. The van der Waals surface area contributed by atoms with Gasteiger partial charge in [-0.3, -0.25) is 4.79 Å². The molecule has 6 nitrogen and oxygen atoms in total. The van der Waals surface area contributed by atoms with E-state index < -0.39 is 5.41 Å². The highest BCUT2D eigenvalue weighted by Gasteiger charge is 2.39. The summed E-state index contributed by atoms with van der Waals surface area (Å²) in [6.07, 6.45) is 4.40. The summed E-state index contributed by atoms with van der Waals surface area (Å²) < 4.78 is 0. The van der Waals surface area contributed by atoms with Crippen LogP contribution >= 0.6 is 0 Å². The topological polar surface area (TPSA) is 84.1 Å². The van der Waals surface area contributed by atoms with E-state index in [0.717, 1.165) is 31.6 Å². The molecule has 1 fully saturated rings. The minimum atomic E-state index is -0.466. The average molecular weight is 263 g/mol. The van der Waals surface area contributed by atoms with Gasteiger partial charge in [-0.15, -0.1) is 0 Å². The van der Waals surface area contributed by atoms with Gasteiger partial charge in [0.2, 0.25) is 11.9 Å². The Morgan fingerprint density at radius 1 is 1.53 bits per heavy atom. The van der Waals surface area contributed by atoms with E-state index in [1.807, 2.05) is 24.2 Å². The van der Waals surface area contributed by atoms with Crippen LogP contribution in [-0.2, 0) is 11.3 Å². The van der Waals surface area contributed by atoms with Crippen LogP contribution in [0.3, 0.4) is 0 Å². The fourth-order valence-corrected chi connectivity index (χ4v) is 2.20. The molecule has 0 aliphatic carbocycles. The minimum absolute atomic E-state index is 0.251. The molecule has 104 valence electrons. The Morgan fingerprint density at radius 2 is 2.21 bits per heavy atom. The highest BCUT2D eigenvalue weighted by Crippen LogP contribution is 2.31. The molecular weight excluding hydrogens is 242 g/mol. The van der Waals surface area contributed by atoms with E-state index in [1.54, 1.807) is 0 Å². The molecule has 0 spiro atoms. The molecule has 1 unspecified atom stereocenters. The molecule has 2 rings (SSSR count). The van der Waals surface area contributed by atoms with Crippen molar-refractivity contribution >= 4 is 11.9 Å². The molecule has 1 atom stereocenters. The van der Waals surface area contributed by atoms with Gasteiger partial charge in [-0.25, -0.2) is 9.97 Å². The van der Waals surface area contributed by atoms with Gasteiger partial charge in [-0.1, -0.05) is 6.92 Å². The summed E-state index contributed by atoms with van der Waals surface area (Å²) in [5.41, 5.74) is 6.03. The molecule has 3 N–H and O–H groups in total. The second kappa shape index (κ2) is 5.52. The molecule has 0 bridgehead atoms. The number of carbonyl (C=O) groups is 1. The van der Waals surface area contributed by atoms with Gasteiger partial charge < -0.3 is 16.0 Å². The standard InChI is InChI=1S/C13H21N5O/c1-3-15-6-10-7-16-12(17-8-10)18-5-4-13(2,9-18)11(14)19/h7-8,15H,3-6,9H2,1-2H3,(H2,14,19). The largest absolute Gasteiger partial charge is 0.369 e. The molecule has 1 aliphatic rings. The molecule has 0 aromatic carbocycles. The van der Waals surface area contributed by atoms with Crippen molar-refractivity contribution in [2.75, 3.05) is 24.5 Å². The number of nitrogens with two attached hydrogens (primary N) is 1. The maximum absolute atomic E-state index is 11.4. The third-order valence-corrected chi connectivity index (χ3v) is 3.62. The Balaban J connectivity index is 2.02. The number of rotatable bonds is 5. The van der Waals surface area contributed by atoms with E-state index in [-0.39, 0.29) is 5.91 Å². The smallest absolute Gasteiger partial charge is 0.225 e. The molecule has 2 heterocycles. The number of nitrogens with one attached hydrogen (secondary N) is 1. The van der Waals surface area contributed by atoms with Gasteiger partial charge in [-0.05, 0) is 19.9 Å². The third-order valence-electron chi connectivity index (χ3n) is 3.62. The number of hydrogen-bond acceptors (Lipinski definition) is 5. The van der Waals surface area contributed by atoms with E-state index in [1.165, 1.54) is 0 Å². The second-order valence-corrected chi connectivity index (χ2v) is 5.27. The normalized spacial score (nSPS) is 22.7. The average Bonchev–Trinajstić information content (AvgIpc) is 2.81. The summed E-state index contributed by atoms with van der Waals surface area (Å²) in [7, 11) is 0. The number of nitrogens with zero attached hydrogens (tertiary/aromatic N) is 3. The lowest BCUT2D eigenvalue weighted by molar-refractivity contribution is -0.125. The van der Waals surface area contributed by atoms with Crippen molar-refractivity contribution in [3.63, 3.8) is 0 Å². The molecular formula is C13H21N5O. The van der Waals surface area contributed by atoms with Gasteiger partial charge in [0.15, 0.2) is 0 Å². The lowest BCUT2D eigenvalue weighted by Gasteiger charge is -2.20. The van der Waals surface area contributed by atoms with Gasteiger partial charge in [0.1, 0.15) is 0 Å². The zero-order chi connectivity index (χ0) is 13.9. The first-order valence-corrected chi connectivity index (χ1v) is 6.61. The number of aromatic nitrogens is 2. The monoisotopic (exact) mass is 263 g/mol. The zero-order valence-electron chi connectivity index (χ0n) is 11.5. The van der Waals surface area contributed by atoms with Crippen molar-refractivity contribution < 1.29 is 4.79 Å². The first-order chi connectivity index (χ1) is 9.05. The SMILES string of the molecule is CCNCc1cnc(N2CCC(C)(C(N)=O)C2)nc1. The summed E-state index contributed by atoms with van der Waals surface area (Å²) in [6, 6.07) is 0. The van der Waals surface area contributed by atoms with Crippen molar-refractivity contribution in [2.24, 2.45) is 11.1 Å². The van der Waals surface area contributed by atoms with Crippen LogP contribution in [0.15, 0.2) is 12.4 Å². The molecule has 1 aliphatic heterocycles. The third kappa shape index (κ3) is 3.01. The van der Waals surface area contributed by atoms with Crippen molar-refractivity contribution in [3.05, 3.63) is 18.0 Å². The van der Waals surface area contributed by atoms with Gasteiger partial charge in [0.05, 0.1) is 5.41 Å². The highest BCUT2D eigenvalue weighted by atomic mass is 16.1. The molecule has 0 saturated carbocycles. The van der Waals surface area contributed by atoms with E-state index in [0.29, 0.717) is 12.5 Å². The molecule has 1 aromatic rings. The fraction of sp³-hybridized carbons (Fsp3) is 0.615. The lowest BCUT2D eigenvalue weighted by atomic mass is 9.89. The van der Waals surface area contributed by atoms with Gasteiger partial charge in [0.25, 0.3) is 0 Å². The molecule has 6 heteroatoms. The van der Waals surface area contributed by atoms with Gasteiger partial charge >= 0.3 is 0 Å². The van der Waals surface area contributed by atoms with E-state index in [4.69, 9.17) is 5.73 Å². The quantitative estimate of drug-likeness (QED) is 0.797. The summed E-state index contributed by atoms with van der Waals surface area (Å²) in [5.74, 6) is 0.420. The number of anilines is 1. The zero-order valence-corrected chi connectivity index (χ0v) is 11.5. The van der Waals surface area contributed by atoms with E-state index >= 15 is 0 Å². The van der Waals surface area contributed by atoms with Crippen molar-refractivity contribution in [1.82, 2.24) is 15.3 Å². The van der Waals surface area contributed by atoms with E-state index in [2.05, 4.69) is 22.2 Å². The number of amides is 1. The van der Waals surface area contributed by atoms with Crippen LogP contribution in [-0.4, -0.2) is 35.5 Å². The van der Waals surface area contributed by atoms with E-state index in [9.17, 15) is 4.79 Å². The van der Waals surface area contributed by atoms with Crippen molar-refractivity contribution in [1.29, 1.82) is 0 Å². The van der Waals surface area contributed by atoms with Crippen LogP contribution in [0.1, 0.15) is 25.8 Å². The van der Waals surface area contributed by atoms with Crippen LogP contribution in [0.5, 0.6) is 0 Å². The maximum atomic E-state index is 11.4. The van der Waals surface area contributed by atoms with Crippen molar-refractivity contribution in [2.45, 2.75) is 26.8 Å². The highest BCUT2D eigenvalue weighted by molar-refractivity contribution is 5.81. The molecule has 19 heavy (non-hydrogen) atoms. The van der Waals surface area contributed by atoms with Crippen LogP contribution in [0.25, 0.3) is 0 Å². The predicted molar refractivity (Wildman–Crippen MR) is 73.5 cm³/mol. The molecule has 1 saturated heterocycles. The van der Waals surface area contributed by atoms with Crippen LogP contribution in [0.4, 0.5) is 5.95 Å². The van der Waals surface area contributed by atoms with Crippen LogP contribution in [0, 0.1) is 5.41 Å². The second-order valence-electron chi connectivity index (χ2n) is 5.27. The molecule has 1 amide bonds. The van der Waals surface area contributed by atoms with Crippen LogP contribution < -0.4 is 16.0 Å². The summed E-state index contributed by atoms with van der Waals surface area (Å²) in [6.45, 7) is 7.01. The number of hydrogen-bond donors (Lipinski definition) is 2. The fourth-order valence-electron chi connectivity index (χ4n) is 2.20. The summed E-state index contributed by atoms with van der Waals surface area (Å²) in [4.78, 5) is 22.2. The summed E-state index contributed by atoms with van der Waals surface area (Å²) in [5, 5.41) is 3.23. The first kappa shape index (κ1) is 13.7. The van der Waals surface area contributed by atoms with Gasteiger partial charge in [-0.2, -0.15) is 0 Å². The Hall–Kier alpha value is -1.69. The molecule has 1 aromatic heterocycles. The summed E-state index contributed by atoms with van der Waals surface area (Å²) >= 11 is 0. The Bertz CT molecular complexity index is 447. The number of carbonyl (C=O) groups excluding carboxylic acids is 1. The minimum Gasteiger partial charge on any atom is -0.369 e. The number of primary amides is 1. The first-order valence-electron chi connectivity index (χ1n) is 6.61. The maximum Gasteiger partial charge on any atom is 0.225 e. The Morgan fingerprint density at radius 3 is 2.74 bits per heavy atom.